The molecular weight excluding hydrogens is 111 g/mol. The van der Waals surface area contributed by atoms with E-state index in [2.05, 4.69) is 14.8 Å². The van der Waals surface area contributed by atoms with Crippen molar-refractivity contribution in [3.05, 3.63) is 0 Å². The second-order valence-electron chi connectivity index (χ2n) is 2.52. The summed E-state index contributed by atoms with van der Waals surface area (Å²) >= 11 is 0. The molecule has 9 heavy (non-hydrogen) atoms. The maximum absolute atomic E-state index is 5.05. The molecule has 1 nitrogen and oxygen atoms in total. The summed E-state index contributed by atoms with van der Waals surface area (Å²) < 4.78 is 5.05. The van der Waals surface area contributed by atoms with Gasteiger partial charge in [-0.15, -0.1) is 0 Å². The fourth-order valence-corrected chi connectivity index (χ4v) is 1.05. The topological polar surface area (TPSA) is 9.23 Å². The Bertz CT molecular complexity index is 50.9. The lowest BCUT2D eigenvalue weighted by molar-refractivity contribution is 0.155. The van der Waals surface area contributed by atoms with Crippen molar-refractivity contribution in [2.45, 2.75) is 26.1 Å². The van der Waals surface area contributed by atoms with Crippen molar-refractivity contribution >= 4 is 7.85 Å². The molecule has 0 saturated heterocycles. The van der Waals surface area contributed by atoms with E-state index in [1.165, 1.54) is 19.2 Å². The molecule has 0 fully saturated rings. The van der Waals surface area contributed by atoms with Crippen LogP contribution in [0.1, 0.15) is 19.8 Å². The number of hydrogen-bond donors (Lipinski definition) is 0. The fourth-order valence-electron chi connectivity index (χ4n) is 1.05. The molecule has 0 aromatic rings. The van der Waals surface area contributed by atoms with Gasteiger partial charge in [-0.3, -0.25) is 0 Å². The Balaban J connectivity index is 3.18. The van der Waals surface area contributed by atoms with Crippen LogP contribution in [0.2, 0.25) is 6.32 Å². The summed E-state index contributed by atoms with van der Waals surface area (Å²) in [7, 11) is 4.00. The van der Waals surface area contributed by atoms with E-state index >= 15 is 0 Å². The number of ether oxygens (including phenoxy) is 1. The van der Waals surface area contributed by atoms with Gasteiger partial charge in [0.1, 0.15) is 7.85 Å². The van der Waals surface area contributed by atoms with E-state index in [-0.39, 0.29) is 0 Å². The van der Waals surface area contributed by atoms with Gasteiger partial charge in [-0.25, -0.2) is 0 Å². The normalized spacial score (nSPS) is 13.6. The molecule has 1 unspecified atom stereocenters. The van der Waals surface area contributed by atoms with Gasteiger partial charge in [0, 0.05) is 13.7 Å². The van der Waals surface area contributed by atoms with Crippen molar-refractivity contribution < 1.29 is 4.74 Å². The largest absolute Gasteiger partial charge is 0.384 e. The summed E-state index contributed by atoms with van der Waals surface area (Å²) in [4.78, 5) is 0. The van der Waals surface area contributed by atoms with Gasteiger partial charge in [0.25, 0.3) is 0 Å². The van der Waals surface area contributed by atoms with Crippen molar-refractivity contribution in [3.63, 3.8) is 0 Å². The number of methoxy groups -OCH3 is 1. The summed E-state index contributed by atoms with van der Waals surface area (Å²) in [6.07, 6.45) is 3.84. The predicted molar refractivity (Wildman–Crippen MR) is 43.6 cm³/mol. The van der Waals surface area contributed by atoms with Crippen molar-refractivity contribution in [2.24, 2.45) is 5.92 Å². The Morgan fingerprint density at radius 1 is 1.56 bits per heavy atom. The highest BCUT2D eigenvalue weighted by Gasteiger charge is 2.02. The molecule has 0 bridgehead atoms. The minimum absolute atomic E-state index is 0.792. The highest BCUT2D eigenvalue weighted by Crippen LogP contribution is 2.09. The molecule has 1 atom stereocenters. The first kappa shape index (κ1) is 9.02. The zero-order valence-corrected chi connectivity index (χ0v) is 6.81. The standard InChI is InChI=1S/C7H17BO/c1-3-4-7(5-8)6-9-2/h7H,3-6,8H2,1-2H3. The third-order valence-corrected chi connectivity index (χ3v) is 1.68. The van der Waals surface area contributed by atoms with E-state index < -0.39 is 0 Å². The molecule has 0 N–H and O–H groups in total. The maximum atomic E-state index is 5.05. The van der Waals surface area contributed by atoms with Crippen molar-refractivity contribution in [1.29, 1.82) is 0 Å². The minimum Gasteiger partial charge on any atom is -0.384 e. The van der Waals surface area contributed by atoms with Crippen LogP contribution in [0.3, 0.4) is 0 Å². The molecule has 0 rings (SSSR count). The Hall–Kier alpha value is 0.0249. The van der Waals surface area contributed by atoms with Crippen LogP contribution in [0.25, 0.3) is 0 Å². The highest BCUT2D eigenvalue weighted by atomic mass is 16.5. The van der Waals surface area contributed by atoms with Crippen LogP contribution in [0.5, 0.6) is 0 Å². The number of hydrogen-bond acceptors (Lipinski definition) is 1. The first-order valence-corrected chi connectivity index (χ1v) is 3.84. The van der Waals surface area contributed by atoms with Gasteiger partial charge in [-0.1, -0.05) is 19.7 Å². The minimum atomic E-state index is 0.792. The Kier molecular flexibility index (Phi) is 6.17. The summed E-state index contributed by atoms with van der Waals surface area (Å²) in [6, 6.07) is 0. The van der Waals surface area contributed by atoms with Crippen LogP contribution in [-0.2, 0) is 4.74 Å². The van der Waals surface area contributed by atoms with Gasteiger partial charge >= 0.3 is 0 Å². The number of rotatable bonds is 5. The predicted octanol–water partition coefficient (Wildman–Crippen LogP) is 1.10. The summed E-state index contributed by atoms with van der Waals surface area (Å²) in [5.74, 6) is 0.792. The Labute approximate surface area is 59.2 Å². The lowest BCUT2D eigenvalue weighted by Crippen LogP contribution is -2.06. The molecule has 0 amide bonds. The van der Waals surface area contributed by atoms with Crippen LogP contribution in [0, 0.1) is 5.92 Å². The molecule has 0 spiro atoms. The molecule has 0 aromatic heterocycles. The van der Waals surface area contributed by atoms with Gasteiger partial charge < -0.3 is 4.74 Å². The fraction of sp³-hybridized carbons (Fsp3) is 1.00. The van der Waals surface area contributed by atoms with Crippen molar-refractivity contribution in [1.82, 2.24) is 0 Å². The quantitative estimate of drug-likeness (QED) is 0.503. The molecule has 2 heteroatoms. The van der Waals surface area contributed by atoms with Crippen LogP contribution < -0.4 is 0 Å². The van der Waals surface area contributed by atoms with Crippen LogP contribution >= 0.6 is 0 Å². The smallest absolute Gasteiger partial charge is 0.101 e. The molecule has 54 valence electrons. The maximum Gasteiger partial charge on any atom is 0.101 e. The monoisotopic (exact) mass is 128 g/mol. The van der Waals surface area contributed by atoms with E-state index in [0.717, 1.165) is 12.5 Å². The summed E-state index contributed by atoms with van der Waals surface area (Å²) in [5, 5.41) is 0. The second kappa shape index (κ2) is 6.15. The molecule has 0 saturated carbocycles. The average Bonchev–Trinajstić information content (AvgIpc) is 1.88. The van der Waals surface area contributed by atoms with Gasteiger partial charge in [0.2, 0.25) is 0 Å². The molecule has 0 radical (unpaired) electrons. The lowest BCUT2D eigenvalue weighted by atomic mass is 9.89. The zero-order valence-electron chi connectivity index (χ0n) is 6.81. The summed E-state index contributed by atoms with van der Waals surface area (Å²) in [6.45, 7) is 3.16. The third kappa shape index (κ3) is 4.52. The summed E-state index contributed by atoms with van der Waals surface area (Å²) in [5.41, 5.74) is 0. The molecule has 0 aliphatic heterocycles. The van der Waals surface area contributed by atoms with E-state index in [1.807, 2.05) is 0 Å². The van der Waals surface area contributed by atoms with E-state index in [1.54, 1.807) is 7.11 Å². The van der Waals surface area contributed by atoms with Gasteiger partial charge in [0.15, 0.2) is 0 Å². The Morgan fingerprint density at radius 3 is 2.56 bits per heavy atom. The Morgan fingerprint density at radius 2 is 2.22 bits per heavy atom. The van der Waals surface area contributed by atoms with Gasteiger partial charge in [-0.2, -0.15) is 0 Å². The lowest BCUT2D eigenvalue weighted by Gasteiger charge is -2.10. The molecule has 0 aromatic carbocycles. The van der Waals surface area contributed by atoms with Crippen LogP contribution in [0.4, 0.5) is 0 Å². The molecular formula is C7H17BO. The van der Waals surface area contributed by atoms with Crippen molar-refractivity contribution in [2.75, 3.05) is 13.7 Å². The van der Waals surface area contributed by atoms with Gasteiger partial charge in [0.05, 0.1) is 0 Å². The van der Waals surface area contributed by atoms with E-state index in [0.29, 0.717) is 0 Å². The third-order valence-electron chi connectivity index (χ3n) is 1.68. The highest BCUT2D eigenvalue weighted by molar-refractivity contribution is 6.08. The SMILES string of the molecule is BCC(CCC)COC. The molecule has 0 aliphatic carbocycles. The van der Waals surface area contributed by atoms with Crippen LogP contribution in [-0.4, -0.2) is 21.6 Å². The van der Waals surface area contributed by atoms with Gasteiger partial charge in [-0.05, 0) is 12.3 Å². The first-order chi connectivity index (χ1) is 4.35. The van der Waals surface area contributed by atoms with E-state index in [9.17, 15) is 0 Å². The second-order valence-corrected chi connectivity index (χ2v) is 2.52. The van der Waals surface area contributed by atoms with Crippen LogP contribution in [0.15, 0.2) is 0 Å². The molecule has 0 heterocycles. The van der Waals surface area contributed by atoms with Crippen molar-refractivity contribution in [3.8, 4) is 0 Å². The molecule has 0 aliphatic rings. The zero-order chi connectivity index (χ0) is 7.11. The first-order valence-electron chi connectivity index (χ1n) is 3.84. The van der Waals surface area contributed by atoms with E-state index in [4.69, 9.17) is 4.74 Å². The average molecular weight is 128 g/mol.